The molecule has 5 nitrogen and oxygen atoms in total. The summed E-state index contributed by atoms with van der Waals surface area (Å²) >= 11 is 0. The van der Waals surface area contributed by atoms with Gasteiger partial charge in [-0.05, 0) is 51.4 Å². The van der Waals surface area contributed by atoms with Gasteiger partial charge in [0.15, 0.2) is 0 Å². The van der Waals surface area contributed by atoms with Crippen LogP contribution in [-0.2, 0) is 10.2 Å². The van der Waals surface area contributed by atoms with Crippen molar-refractivity contribution < 1.29 is 9.53 Å². The van der Waals surface area contributed by atoms with E-state index in [1.165, 1.54) is 5.56 Å². The Morgan fingerprint density at radius 2 is 2.04 bits per heavy atom. The third-order valence-electron chi connectivity index (χ3n) is 5.76. The maximum absolute atomic E-state index is 12.6. The van der Waals surface area contributed by atoms with Crippen LogP contribution in [0.2, 0.25) is 0 Å². The molecule has 5 heteroatoms. The summed E-state index contributed by atoms with van der Waals surface area (Å²) < 4.78 is 5.64. The number of amides is 2. The minimum Gasteiger partial charge on any atom is -0.376 e. The van der Waals surface area contributed by atoms with Gasteiger partial charge in [0.25, 0.3) is 0 Å². The molecule has 1 atom stereocenters. The van der Waals surface area contributed by atoms with Crippen LogP contribution in [0.5, 0.6) is 0 Å². The Bertz CT molecular complexity index is 549. The molecule has 0 aromatic heterocycles. The first-order valence-corrected chi connectivity index (χ1v) is 9.44. The lowest BCUT2D eigenvalue weighted by molar-refractivity contribution is 0.0868. The summed E-state index contributed by atoms with van der Waals surface area (Å²) in [6.07, 6.45) is 4.50. The first-order chi connectivity index (χ1) is 12.1. The van der Waals surface area contributed by atoms with Crippen LogP contribution >= 0.6 is 0 Å². The predicted octanol–water partition coefficient (Wildman–Crippen LogP) is 2.47. The van der Waals surface area contributed by atoms with Crippen molar-refractivity contribution in [3.8, 4) is 0 Å². The smallest absolute Gasteiger partial charge is 0.317 e. The maximum atomic E-state index is 12.6. The second-order valence-electron chi connectivity index (χ2n) is 7.62. The van der Waals surface area contributed by atoms with Gasteiger partial charge in [0, 0.05) is 32.2 Å². The van der Waals surface area contributed by atoms with E-state index in [4.69, 9.17) is 4.74 Å². The lowest BCUT2D eigenvalue weighted by Gasteiger charge is -2.41. The number of piperidine rings is 1. The van der Waals surface area contributed by atoms with Crippen LogP contribution in [0, 0.1) is 0 Å². The Hall–Kier alpha value is -1.59. The molecule has 1 aromatic carbocycles. The van der Waals surface area contributed by atoms with Crippen molar-refractivity contribution in [3.05, 3.63) is 35.9 Å². The van der Waals surface area contributed by atoms with Crippen LogP contribution in [0.3, 0.4) is 0 Å². The number of likely N-dealkylation sites (tertiary alicyclic amines) is 1. The summed E-state index contributed by atoms with van der Waals surface area (Å²) in [6.45, 7) is 4.32. The molecule has 1 N–H and O–H groups in total. The number of rotatable bonds is 5. The minimum absolute atomic E-state index is 0.00438. The van der Waals surface area contributed by atoms with Gasteiger partial charge < -0.3 is 19.9 Å². The van der Waals surface area contributed by atoms with E-state index in [1.807, 2.05) is 7.05 Å². The Morgan fingerprint density at radius 1 is 1.32 bits per heavy atom. The van der Waals surface area contributed by atoms with E-state index in [0.29, 0.717) is 13.1 Å². The average Bonchev–Trinajstić information content (AvgIpc) is 3.15. The third kappa shape index (κ3) is 4.53. The zero-order valence-corrected chi connectivity index (χ0v) is 15.5. The van der Waals surface area contributed by atoms with Crippen molar-refractivity contribution in [2.24, 2.45) is 0 Å². The first kappa shape index (κ1) is 18.2. The molecule has 0 saturated carbocycles. The topological polar surface area (TPSA) is 44.8 Å². The van der Waals surface area contributed by atoms with Crippen LogP contribution < -0.4 is 5.32 Å². The van der Waals surface area contributed by atoms with Gasteiger partial charge in [-0.1, -0.05) is 30.3 Å². The number of nitrogens with one attached hydrogen (secondary N) is 1. The summed E-state index contributed by atoms with van der Waals surface area (Å²) in [4.78, 5) is 16.7. The van der Waals surface area contributed by atoms with E-state index in [9.17, 15) is 4.79 Å². The van der Waals surface area contributed by atoms with Crippen molar-refractivity contribution in [3.63, 3.8) is 0 Å². The molecule has 2 amide bonds. The SMILES string of the molecule is CN1CCC(CNC(=O)N(C)C[C@@H]2CCCO2)(c2ccccc2)CC1. The standard InChI is InChI=1S/C20H31N3O2/c1-22-12-10-20(11-13-22,17-7-4-3-5-8-17)16-21-19(24)23(2)15-18-9-6-14-25-18/h3-5,7-8,18H,6,9-16H2,1-2H3,(H,21,24)/t18-/m0/s1. The van der Waals surface area contributed by atoms with Gasteiger partial charge in [0.2, 0.25) is 0 Å². The molecular weight excluding hydrogens is 314 g/mol. The summed E-state index contributed by atoms with van der Waals surface area (Å²) in [5, 5.41) is 3.19. The van der Waals surface area contributed by atoms with Gasteiger partial charge in [-0.15, -0.1) is 0 Å². The van der Waals surface area contributed by atoms with E-state index in [-0.39, 0.29) is 17.6 Å². The molecule has 0 unspecified atom stereocenters. The Morgan fingerprint density at radius 3 is 2.68 bits per heavy atom. The average molecular weight is 345 g/mol. The minimum atomic E-state index is 0.00438. The molecular formula is C20H31N3O2. The van der Waals surface area contributed by atoms with Gasteiger partial charge in [0.1, 0.15) is 0 Å². The molecule has 2 fully saturated rings. The van der Waals surface area contributed by atoms with Gasteiger partial charge >= 0.3 is 6.03 Å². The number of hydrogen-bond acceptors (Lipinski definition) is 3. The van der Waals surface area contributed by atoms with Crippen LogP contribution in [0.4, 0.5) is 4.79 Å². The summed E-state index contributed by atoms with van der Waals surface area (Å²) in [7, 11) is 4.03. The van der Waals surface area contributed by atoms with E-state index in [1.54, 1.807) is 4.90 Å². The van der Waals surface area contributed by atoms with E-state index < -0.39 is 0 Å². The van der Waals surface area contributed by atoms with Gasteiger partial charge in [-0.2, -0.15) is 0 Å². The third-order valence-corrected chi connectivity index (χ3v) is 5.76. The van der Waals surface area contributed by atoms with Crippen LogP contribution in [0.25, 0.3) is 0 Å². The number of urea groups is 1. The molecule has 2 saturated heterocycles. The van der Waals surface area contributed by atoms with Crippen molar-refractivity contribution >= 4 is 6.03 Å². The zero-order valence-electron chi connectivity index (χ0n) is 15.5. The number of ether oxygens (including phenoxy) is 1. The fourth-order valence-electron chi connectivity index (χ4n) is 3.96. The van der Waals surface area contributed by atoms with Gasteiger partial charge in [0.05, 0.1) is 6.10 Å². The Labute approximate surface area is 151 Å². The van der Waals surface area contributed by atoms with Gasteiger partial charge in [-0.25, -0.2) is 4.79 Å². The molecule has 2 aliphatic heterocycles. The van der Waals surface area contributed by atoms with Crippen molar-refractivity contribution in [1.82, 2.24) is 15.1 Å². The molecule has 138 valence electrons. The number of hydrogen-bond donors (Lipinski definition) is 1. The van der Waals surface area contributed by atoms with E-state index in [0.717, 1.165) is 45.4 Å². The fourth-order valence-corrected chi connectivity index (χ4v) is 3.96. The highest BCUT2D eigenvalue weighted by atomic mass is 16.5. The lowest BCUT2D eigenvalue weighted by atomic mass is 9.72. The van der Waals surface area contributed by atoms with Crippen LogP contribution in [0.15, 0.2) is 30.3 Å². The molecule has 0 radical (unpaired) electrons. The van der Waals surface area contributed by atoms with E-state index >= 15 is 0 Å². The molecule has 25 heavy (non-hydrogen) atoms. The molecule has 2 heterocycles. The molecule has 0 aliphatic carbocycles. The second kappa shape index (κ2) is 8.19. The van der Waals surface area contributed by atoms with Crippen LogP contribution in [-0.4, -0.2) is 68.8 Å². The largest absolute Gasteiger partial charge is 0.376 e. The first-order valence-electron chi connectivity index (χ1n) is 9.44. The highest BCUT2D eigenvalue weighted by Gasteiger charge is 2.36. The van der Waals surface area contributed by atoms with Crippen molar-refractivity contribution in [2.75, 3.05) is 46.9 Å². The quantitative estimate of drug-likeness (QED) is 0.892. The number of carbonyl (C=O) groups excluding carboxylic acids is 1. The molecule has 3 rings (SSSR count). The normalized spacial score (nSPS) is 23.4. The number of benzene rings is 1. The highest BCUT2D eigenvalue weighted by Crippen LogP contribution is 2.34. The van der Waals surface area contributed by atoms with Crippen molar-refractivity contribution in [2.45, 2.75) is 37.2 Å². The Kier molecular flexibility index (Phi) is 5.97. The summed E-state index contributed by atoms with van der Waals surface area (Å²) in [5.41, 5.74) is 1.37. The Balaban J connectivity index is 1.61. The fraction of sp³-hybridized carbons (Fsp3) is 0.650. The molecule has 1 aromatic rings. The molecule has 0 bridgehead atoms. The second-order valence-corrected chi connectivity index (χ2v) is 7.62. The monoisotopic (exact) mass is 345 g/mol. The van der Waals surface area contributed by atoms with Gasteiger partial charge in [-0.3, -0.25) is 0 Å². The van der Waals surface area contributed by atoms with E-state index in [2.05, 4.69) is 47.6 Å². The summed E-state index contributed by atoms with van der Waals surface area (Å²) in [6, 6.07) is 10.7. The molecule has 0 spiro atoms. The van der Waals surface area contributed by atoms with Crippen LogP contribution in [0.1, 0.15) is 31.2 Å². The predicted molar refractivity (Wildman–Crippen MR) is 99.9 cm³/mol. The summed E-state index contributed by atoms with van der Waals surface area (Å²) in [5.74, 6) is 0. The number of nitrogens with zero attached hydrogens (tertiary/aromatic N) is 2. The zero-order chi connectivity index (χ0) is 17.7. The highest BCUT2D eigenvalue weighted by molar-refractivity contribution is 5.74. The molecule has 2 aliphatic rings. The maximum Gasteiger partial charge on any atom is 0.317 e. The van der Waals surface area contributed by atoms with Crippen molar-refractivity contribution in [1.29, 1.82) is 0 Å². The lowest BCUT2D eigenvalue weighted by Crippen LogP contribution is -2.50. The number of likely N-dealkylation sites (N-methyl/N-ethyl adjacent to an activating group) is 1. The number of carbonyl (C=O) groups is 1.